The van der Waals surface area contributed by atoms with Crippen LogP contribution in [-0.4, -0.2) is 24.8 Å². The molecule has 2 fully saturated rings. The summed E-state index contributed by atoms with van der Waals surface area (Å²) in [7, 11) is 0. The molecule has 41 heavy (non-hydrogen) atoms. The number of allylic oxidation sites excluding steroid dienone is 3. The van der Waals surface area contributed by atoms with Crippen molar-refractivity contribution < 1.29 is 22.4 Å². The standard InChI is InChI=1S/C35H47F4NO/c1-3-4-5-8-14-33(32(41)40-23-25-19-29(35(37,38)39)21-30(36)20-25)15-11-28(22-33)27-13-17-34(24(2)18-27)16-12-26-9-6-7-10-31(26)34/h6-7,9-10,12,16,21,24-25,27-28,30H,3-5,8,11,13-15,17-20,22-23H2,1-2H3,(H,40,41)/t24-,25?,27?,28?,30?,33?,34-/m0/s1. The van der Waals surface area contributed by atoms with E-state index >= 15 is 0 Å². The Balaban J connectivity index is 1.23. The monoisotopic (exact) mass is 573 g/mol. The van der Waals surface area contributed by atoms with Gasteiger partial charge in [0.15, 0.2) is 0 Å². The van der Waals surface area contributed by atoms with Crippen LogP contribution in [0.5, 0.6) is 0 Å². The van der Waals surface area contributed by atoms with E-state index in [1.165, 1.54) is 11.1 Å². The van der Waals surface area contributed by atoms with Crippen LogP contribution in [0, 0.1) is 29.1 Å². The summed E-state index contributed by atoms with van der Waals surface area (Å²) in [6.45, 7) is 4.68. The topological polar surface area (TPSA) is 29.1 Å². The highest BCUT2D eigenvalue weighted by molar-refractivity contribution is 5.83. The minimum atomic E-state index is -4.52. The van der Waals surface area contributed by atoms with E-state index in [4.69, 9.17) is 0 Å². The van der Waals surface area contributed by atoms with Crippen LogP contribution in [0.1, 0.15) is 108 Å². The molecule has 1 aromatic carbocycles. The minimum absolute atomic E-state index is 0.0111. The molecule has 0 bridgehead atoms. The lowest BCUT2D eigenvalue weighted by Crippen LogP contribution is -2.43. The first kappa shape index (κ1) is 30.4. The van der Waals surface area contributed by atoms with Crippen molar-refractivity contribution in [3.05, 3.63) is 53.1 Å². The Hall–Kier alpha value is -2.11. The normalized spacial score (nSPS) is 35.0. The van der Waals surface area contributed by atoms with Gasteiger partial charge < -0.3 is 5.32 Å². The summed E-state index contributed by atoms with van der Waals surface area (Å²) in [5, 5.41) is 3.04. The second-order valence-corrected chi connectivity index (χ2v) is 13.7. The van der Waals surface area contributed by atoms with Gasteiger partial charge in [0.05, 0.1) is 0 Å². The average molecular weight is 574 g/mol. The molecular formula is C35H47F4NO. The molecule has 1 spiro atoms. The SMILES string of the molecule is CCCCCCC1(C(=O)NCC2CC(C(F)(F)F)=CC(F)C2)CCC(C2CC[C@@]3(C=Cc4ccccc43)[C@@H](C)C2)C1. The van der Waals surface area contributed by atoms with Gasteiger partial charge in [-0.25, -0.2) is 4.39 Å². The van der Waals surface area contributed by atoms with Gasteiger partial charge in [0.1, 0.15) is 6.17 Å². The van der Waals surface area contributed by atoms with Gasteiger partial charge in [-0.3, -0.25) is 4.79 Å². The third-order valence-corrected chi connectivity index (χ3v) is 11.2. The number of hydrogen-bond acceptors (Lipinski definition) is 1. The lowest BCUT2D eigenvalue weighted by Gasteiger charge is -2.45. The highest BCUT2D eigenvalue weighted by Gasteiger charge is 2.50. The van der Waals surface area contributed by atoms with Crippen molar-refractivity contribution in [2.75, 3.05) is 6.54 Å². The molecule has 2 saturated carbocycles. The van der Waals surface area contributed by atoms with Gasteiger partial charge in [0.2, 0.25) is 5.91 Å². The van der Waals surface area contributed by atoms with E-state index in [0.717, 1.165) is 70.6 Å². The van der Waals surface area contributed by atoms with Crippen LogP contribution in [-0.2, 0) is 10.2 Å². The van der Waals surface area contributed by atoms with Crippen LogP contribution in [0.15, 0.2) is 42.0 Å². The van der Waals surface area contributed by atoms with Crippen molar-refractivity contribution in [3.63, 3.8) is 0 Å². The van der Waals surface area contributed by atoms with Gasteiger partial charge in [0.25, 0.3) is 0 Å². The highest BCUT2D eigenvalue weighted by Crippen LogP contribution is 2.56. The van der Waals surface area contributed by atoms with Crippen molar-refractivity contribution >= 4 is 12.0 Å². The number of amides is 1. The molecule has 0 saturated heterocycles. The first-order valence-corrected chi connectivity index (χ1v) is 16.1. The van der Waals surface area contributed by atoms with E-state index in [1.54, 1.807) is 0 Å². The van der Waals surface area contributed by atoms with Gasteiger partial charge in [-0.15, -0.1) is 0 Å². The zero-order valence-electron chi connectivity index (χ0n) is 24.7. The van der Waals surface area contributed by atoms with Gasteiger partial charge >= 0.3 is 6.18 Å². The van der Waals surface area contributed by atoms with E-state index < -0.39 is 29.3 Å². The Kier molecular flexibility index (Phi) is 9.07. The first-order chi connectivity index (χ1) is 19.6. The molecule has 226 valence electrons. The molecule has 5 unspecified atom stereocenters. The quantitative estimate of drug-likeness (QED) is 0.178. The summed E-state index contributed by atoms with van der Waals surface area (Å²) in [6.07, 6.45) is 10.5. The number of rotatable bonds is 9. The van der Waals surface area contributed by atoms with Gasteiger partial charge in [0, 0.05) is 22.9 Å². The predicted octanol–water partition coefficient (Wildman–Crippen LogP) is 9.50. The largest absolute Gasteiger partial charge is 0.412 e. The summed E-state index contributed by atoms with van der Waals surface area (Å²) in [6, 6.07) is 8.76. The number of carbonyl (C=O) groups excluding carboxylic acids is 1. The number of hydrogen-bond donors (Lipinski definition) is 1. The maximum absolute atomic E-state index is 14.1. The lowest BCUT2D eigenvalue weighted by molar-refractivity contribution is -0.132. The van der Waals surface area contributed by atoms with Gasteiger partial charge in [-0.2, -0.15) is 13.2 Å². The Bertz CT molecular complexity index is 1140. The number of unbranched alkanes of at least 4 members (excludes halogenated alkanes) is 3. The zero-order valence-corrected chi connectivity index (χ0v) is 24.7. The third kappa shape index (κ3) is 6.32. The molecule has 1 amide bonds. The molecule has 4 aliphatic rings. The summed E-state index contributed by atoms with van der Waals surface area (Å²) in [5.41, 5.74) is 1.68. The molecule has 4 aliphatic carbocycles. The Morgan fingerprint density at radius 3 is 2.59 bits per heavy atom. The summed E-state index contributed by atoms with van der Waals surface area (Å²) < 4.78 is 54.0. The van der Waals surface area contributed by atoms with Crippen LogP contribution >= 0.6 is 0 Å². The molecular weight excluding hydrogens is 526 g/mol. The fraction of sp³-hybridized carbons (Fsp3) is 0.686. The van der Waals surface area contributed by atoms with E-state index in [-0.39, 0.29) is 30.7 Å². The summed E-state index contributed by atoms with van der Waals surface area (Å²) in [4.78, 5) is 13.8. The number of carbonyl (C=O) groups is 1. The predicted molar refractivity (Wildman–Crippen MR) is 157 cm³/mol. The smallest absolute Gasteiger partial charge is 0.355 e. The number of nitrogens with one attached hydrogen (secondary N) is 1. The highest BCUT2D eigenvalue weighted by atomic mass is 19.4. The van der Waals surface area contributed by atoms with Crippen molar-refractivity contribution in [2.24, 2.45) is 29.1 Å². The number of benzene rings is 1. The van der Waals surface area contributed by atoms with E-state index in [2.05, 4.69) is 55.6 Å². The van der Waals surface area contributed by atoms with E-state index in [9.17, 15) is 22.4 Å². The Morgan fingerprint density at radius 2 is 1.83 bits per heavy atom. The summed E-state index contributed by atoms with van der Waals surface area (Å²) >= 11 is 0. The third-order valence-electron chi connectivity index (χ3n) is 11.2. The van der Waals surface area contributed by atoms with Crippen molar-refractivity contribution in [1.82, 2.24) is 5.32 Å². The number of halogens is 4. The molecule has 5 rings (SSSR count). The molecule has 0 aliphatic heterocycles. The maximum Gasteiger partial charge on any atom is 0.412 e. The van der Waals surface area contributed by atoms with Crippen LogP contribution in [0.2, 0.25) is 0 Å². The lowest BCUT2D eigenvalue weighted by atomic mass is 9.59. The second kappa shape index (κ2) is 12.2. The van der Waals surface area contributed by atoms with Crippen molar-refractivity contribution in [1.29, 1.82) is 0 Å². The minimum Gasteiger partial charge on any atom is -0.355 e. The molecule has 1 N–H and O–H groups in total. The van der Waals surface area contributed by atoms with Crippen LogP contribution in [0.25, 0.3) is 6.08 Å². The van der Waals surface area contributed by atoms with Gasteiger partial charge in [-0.05, 0) is 98.7 Å². The fourth-order valence-corrected chi connectivity index (χ4v) is 8.79. The van der Waals surface area contributed by atoms with E-state index in [1.807, 2.05) is 0 Å². The Labute approximate surface area is 243 Å². The molecule has 2 nitrogen and oxygen atoms in total. The molecule has 0 heterocycles. The molecule has 6 heteroatoms. The number of fused-ring (bicyclic) bond motifs is 2. The summed E-state index contributed by atoms with van der Waals surface area (Å²) in [5.74, 6) is 1.08. The molecule has 0 radical (unpaired) electrons. The fourth-order valence-electron chi connectivity index (χ4n) is 8.79. The van der Waals surface area contributed by atoms with E-state index in [0.29, 0.717) is 23.8 Å². The molecule has 0 aromatic heterocycles. The maximum atomic E-state index is 14.1. The molecule has 7 atom stereocenters. The number of alkyl halides is 4. The second-order valence-electron chi connectivity index (χ2n) is 13.7. The van der Waals surface area contributed by atoms with Crippen molar-refractivity contribution in [3.8, 4) is 0 Å². The Morgan fingerprint density at radius 1 is 1.05 bits per heavy atom. The van der Waals surface area contributed by atoms with Crippen LogP contribution < -0.4 is 5.32 Å². The first-order valence-electron chi connectivity index (χ1n) is 16.1. The zero-order chi connectivity index (χ0) is 29.3. The molecule has 1 aromatic rings. The average Bonchev–Trinajstić information content (AvgIpc) is 3.54. The van der Waals surface area contributed by atoms with Crippen LogP contribution in [0.3, 0.4) is 0 Å². The van der Waals surface area contributed by atoms with Crippen molar-refractivity contribution in [2.45, 2.75) is 115 Å². The van der Waals surface area contributed by atoms with Gasteiger partial charge in [-0.1, -0.05) is 75.9 Å². The van der Waals surface area contributed by atoms with Crippen LogP contribution in [0.4, 0.5) is 17.6 Å².